The highest BCUT2D eigenvalue weighted by Gasteiger charge is 2.35. The fourth-order valence-electron chi connectivity index (χ4n) is 3.64. The molecule has 3 heterocycles. The molecule has 0 aromatic heterocycles. The molecule has 114 valence electrons. The van der Waals surface area contributed by atoms with Crippen LogP contribution in [0, 0.1) is 0 Å². The minimum absolute atomic E-state index is 0.255. The zero-order valence-corrected chi connectivity index (χ0v) is 11.9. The predicted molar refractivity (Wildman–Crippen MR) is 74.4 cm³/mol. The SMILES string of the molecule is C1CC2N=NNC2CCC2NN=NC2CCC2NN=NC12. The molecule has 4 aliphatic rings. The first-order chi connectivity index (χ1) is 10.4. The fourth-order valence-corrected chi connectivity index (χ4v) is 3.64. The third kappa shape index (κ3) is 2.56. The zero-order chi connectivity index (χ0) is 14.1. The van der Waals surface area contributed by atoms with Gasteiger partial charge >= 0.3 is 0 Å². The number of rotatable bonds is 0. The number of fused-ring (bicyclic) bond motifs is 3. The Hall–Kier alpha value is -1.80. The molecule has 0 bridgehead atoms. The Balaban J connectivity index is 1.48. The maximum absolute atomic E-state index is 4.34. The number of nitrogens with one attached hydrogen (secondary N) is 3. The highest BCUT2D eigenvalue weighted by Crippen LogP contribution is 2.27. The molecule has 3 N–H and O–H groups in total. The minimum atomic E-state index is 0.255. The second kappa shape index (κ2) is 5.53. The van der Waals surface area contributed by atoms with E-state index in [9.17, 15) is 0 Å². The van der Waals surface area contributed by atoms with Crippen LogP contribution < -0.4 is 16.3 Å². The van der Waals surface area contributed by atoms with Gasteiger partial charge in [0.05, 0.1) is 36.3 Å². The Morgan fingerprint density at radius 2 is 0.810 bits per heavy atom. The molecule has 1 aliphatic carbocycles. The number of hydrogen-bond donors (Lipinski definition) is 3. The lowest BCUT2D eigenvalue weighted by Gasteiger charge is -2.24. The van der Waals surface area contributed by atoms with Crippen molar-refractivity contribution in [3.05, 3.63) is 0 Å². The van der Waals surface area contributed by atoms with Crippen LogP contribution in [0.15, 0.2) is 31.0 Å². The van der Waals surface area contributed by atoms with Crippen LogP contribution in [-0.2, 0) is 0 Å². The summed E-state index contributed by atoms with van der Waals surface area (Å²) < 4.78 is 0. The van der Waals surface area contributed by atoms with Gasteiger partial charge in [-0.15, -0.1) is 0 Å². The first kappa shape index (κ1) is 12.9. The second-order valence-electron chi connectivity index (χ2n) is 6.29. The summed E-state index contributed by atoms with van der Waals surface area (Å²) in [7, 11) is 0. The van der Waals surface area contributed by atoms with Crippen molar-refractivity contribution < 1.29 is 0 Å². The fraction of sp³-hybridized carbons (Fsp3) is 1.00. The van der Waals surface area contributed by atoms with Gasteiger partial charge in [-0.05, 0) is 38.5 Å². The summed E-state index contributed by atoms with van der Waals surface area (Å²) in [6.45, 7) is 0. The molecule has 0 spiro atoms. The van der Waals surface area contributed by atoms with Crippen LogP contribution in [0.2, 0.25) is 0 Å². The first-order valence-corrected chi connectivity index (χ1v) is 7.86. The smallest absolute Gasteiger partial charge is 0.0947 e. The van der Waals surface area contributed by atoms with E-state index in [1.807, 2.05) is 0 Å². The molecule has 0 aromatic carbocycles. The van der Waals surface area contributed by atoms with E-state index in [1.165, 1.54) is 0 Å². The summed E-state index contributed by atoms with van der Waals surface area (Å²) in [4.78, 5) is 0. The van der Waals surface area contributed by atoms with E-state index in [0.717, 1.165) is 38.5 Å². The summed E-state index contributed by atoms with van der Waals surface area (Å²) in [6.07, 6.45) is 6.18. The van der Waals surface area contributed by atoms with Crippen LogP contribution in [0.5, 0.6) is 0 Å². The lowest BCUT2D eigenvalue weighted by Crippen LogP contribution is -2.39. The molecule has 0 saturated heterocycles. The van der Waals surface area contributed by atoms with E-state index >= 15 is 0 Å². The van der Waals surface area contributed by atoms with Gasteiger partial charge in [0.1, 0.15) is 0 Å². The van der Waals surface area contributed by atoms with Gasteiger partial charge in [-0.3, -0.25) is 16.3 Å². The van der Waals surface area contributed by atoms with Gasteiger partial charge < -0.3 is 0 Å². The van der Waals surface area contributed by atoms with Crippen molar-refractivity contribution in [3.8, 4) is 0 Å². The third-order valence-corrected chi connectivity index (χ3v) is 5.00. The van der Waals surface area contributed by atoms with Gasteiger partial charge in [0.25, 0.3) is 0 Å². The van der Waals surface area contributed by atoms with Crippen LogP contribution in [0.3, 0.4) is 0 Å². The molecule has 0 aromatic rings. The van der Waals surface area contributed by atoms with Crippen molar-refractivity contribution in [2.45, 2.75) is 74.8 Å². The maximum atomic E-state index is 4.34. The van der Waals surface area contributed by atoms with Gasteiger partial charge in [-0.2, -0.15) is 15.3 Å². The summed E-state index contributed by atoms with van der Waals surface area (Å²) in [6, 6.07) is 1.77. The monoisotopic (exact) mass is 291 g/mol. The highest BCUT2D eigenvalue weighted by atomic mass is 15.5. The van der Waals surface area contributed by atoms with E-state index in [2.05, 4.69) is 47.3 Å². The topological polar surface area (TPSA) is 110 Å². The molecule has 0 radical (unpaired) electrons. The molecule has 9 heteroatoms. The predicted octanol–water partition coefficient (Wildman–Crippen LogP) is 1.46. The Morgan fingerprint density at radius 3 is 1.24 bits per heavy atom. The lowest BCUT2D eigenvalue weighted by molar-refractivity contribution is 0.339. The molecule has 1 fully saturated rings. The van der Waals surface area contributed by atoms with Crippen LogP contribution in [0.1, 0.15) is 38.5 Å². The molecule has 0 amide bonds. The van der Waals surface area contributed by atoms with Gasteiger partial charge in [0.15, 0.2) is 0 Å². The zero-order valence-electron chi connectivity index (χ0n) is 11.9. The molecular weight excluding hydrogens is 270 g/mol. The van der Waals surface area contributed by atoms with Gasteiger partial charge in [0, 0.05) is 0 Å². The van der Waals surface area contributed by atoms with Crippen molar-refractivity contribution in [2.75, 3.05) is 0 Å². The summed E-state index contributed by atoms with van der Waals surface area (Å²) in [5.41, 5.74) is 9.45. The number of nitrogens with zero attached hydrogens (tertiary/aromatic N) is 6. The van der Waals surface area contributed by atoms with Crippen LogP contribution in [0.4, 0.5) is 0 Å². The summed E-state index contributed by atoms with van der Waals surface area (Å²) >= 11 is 0. The average Bonchev–Trinajstić information content (AvgIpc) is 3.20. The average molecular weight is 291 g/mol. The van der Waals surface area contributed by atoms with E-state index in [4.69, 9.17) is 0 Å². The third-order valence-electron chi connectivity index (χ3n) is 5.00. The van der Waals surface area contributed by atoms with Gasteiger partial charge in [-0.1, -0.05) is 15.7 Å². The Bertz CT molecular complexity index is 462. The first-order valence-electron chi connectivity index (χ1n) is 7.86. The normalized spacial score (nSPS) is 44.6. The maximum Gasteiger partial charge on any atom is 0.0947 e. The molecule has 6 unspecified atom stereocenters. The van der Waals surface area contributed by atoms with E-state index < -0.39 is 0 Å². The van der Waals surface area contributed by atoms with Crippen LogP contribution in [-0.4, -0.2) is 36.3 Å². The van der Waals surface area contributed by atoms with E-state index in [1.54, 1.807) is 0 Å². The highest BCUT2D eigenvalue weighted by molar-refractivity contribution is 4.94. The van der Waals surface area contributed by atoms with E-state index in [-0.39, 0.29) is 18.1 Å². The minimum Gasteiger partial charge on any atom is -0.286 e. The Labute approximate surface area is 123 Å². The second-order valence-corrected chi connectivity index (χ2v) is 6.29. The largest absolute Gasteiger partial charge is 0.286 e. The van der Waals surface area contributed by atoms with Crippen molar-refractivity contribution in [2.24, 2.45) is 31.0 Å². The van der Waals surface area contributed by atoms with Crippen molar-refractivity contribution in [3.63, 3.8) is 0 Å². The molecule has 3 aliphatic heterocycles. The molecule has 6 atom stereocenters. The van der Waals surface area contributed by atoms with Gasteiger partial charge in [0.2, 0.25) is 0 Å². The molecule has 4 rings (SSSR count). The van der Waals surface area contributed by atoms with Crippen molar-refractivity contribution in [1.29, 1.82) is 0 Å². The van der Waals surface area contributed by atoms with E-state index in [0.29, 0.717) is 18.1 Å². The summed E-state index contributed by atoms with van der Waals surface area (Å²) in [5, 5.41) is 25.1. The van der Waals surface area contributed by atoms with Crippen molar-refractivity contribution in [1.82, 2.24) is 16.3 Å². The number of hydrogen-bond acceptors (Lipinski definition) is 9. The molecule has 9 nitrogen and oxygen atoms in total. The van der Waals surface area contributed by atoms with Crippen LogP contribution in [0.25, 0.3) is 0 Å². The van der Waals surface area contributed by atoms with Crippen LogP contribution >= 0.6 is 0 Å². The Kier molecular flexibility index (Phi) is 3.40. The quantitative estimate of drug-likeness (QED) is 0.628. The lowest BCUT2D eigenvalue weighted by atomic mass is 9.88. The molecule has 21 heavy (non-hydrogen) atoms. The molecular formula is C12H21N9. The molecule has 1 saturated carbocycles. The van der Waals surface area contributed by atoms with Gasteiger partial charge in [-0.25, -0.2) is 0 Å². The Morgan fingerprint density at radius 1 is 0.476 bits per heavy atom. The summed E-state index contributed by atoms with van der Waals surface area (Å²) in [5.74, 6) is 0. The van der Waals surface area contributed by atoms with Crippen molar-refractivity contribution >= 4 is 0 Å². The standard InChI is InChI=1S/C12H21N9/c1-2-8-10(16-20-14-8)5-6-12-11(17-21-18-12)4-3-9-7(1)13-19-15-9/h7-12H,1-6H2,(H,13,15)(H,14,16)(H,17,18).